The van der Waals surface area contributed by atoms with Crippen molar-refractivity contribution < 1.29 is 9.90 Å². The third kappa shape index (κ3) is 5.53. The normalized spacial score (nSPS) is 13.3. The van der Waals surface area contributed by atoms with Crippen molar-refractivity contribution in [2.24, 2.45) is 11.5 Å². The summed E-state index contributed by atoms with van der Waals surface area (Å²) in [6.45, 7) is 4.08. The summed E-state index contributed by atoms with van der Waals surface area (Å²) in [5, 5.41) is 8.50. The van der Waals surface area contributed by atoms with Crippen molar-refractivity contribution in [1.29, 1.82) is 0 Å². The standard InChI is InChI=1S/C6H16N2O2Si.ClH/c1-11(2,4-7)3-5(8)6(9)10;/h5H,3-4,7-8H2,1-2H3,(H,9,10);1H. The maximum Gasteiger partial charge on any atom is 0.320 e. The van der Waals surface area contributed by atoms with Crippen LogP contribution in [0.25, 0.3) is 0 Å². The molecule has 0 amide bonds. The molecule has 0 radical (unpaired) electrons. The number of aliphatic carboxylic acids is 1. The average molecular weight is 213 g/mol. The summed E-state index contributed by atoms with van der Waals surface area (Å²) in [7, 11) is -1.53. The summed E-state index contributed by atoms with van der Waals surface area (Å²) in [6, 6.07) is -0.182. The topological polar surface area (TPSA) is 89.3 Å². The lowest BCUT2D eigenvalue weighted by molar-refractivity contribution is -0.138. The Morgan fingerprint density at radius 2 is 2.00 bits per heavy atom. The van der Waals surface area contributed by atoms with Gasteiger partial charge in [-0.05, 0) is 12.2 Å². The Balaban J connectivity index is 0. The molecule has 4 nitrogen and oxygen atoms in total. The van der Waals surface area contributed by atoms with Gasteiger partial charge < -0.3 is 16.6 Å². The molecule has 0 rings (SSSR count). The highest BCUT2D eigenvalue weighted by molar-refractivity contribution is 6.77. The van der Waals surface area contributed by atoms with Crippen LogP contribution in [0.4, 0.5) is 0 Å². The van der Waals surface area contributed by atoms with Crippen molar-refractivity contribution in [2.75, 3.05) is 6.17 Å². The number of hydrogen-bond acceptors (Lipinski definition) is 3. The fourth-order valence-corrected chi connectivity index (χ4v) is 2.30. The molecule has 0 aromatic rings. The molecular weight excluding hydrogens is 196 g/mol. The van der Waals surface area contributed by atoms with Gasteiger partial charge in [-0.3, -0.25) is 4.79 Å². The predicted molar refractivity (Wildman–Crippen MR) is 54.2 cm³/mol. The average Bonchev–Trinajstić information content (AvgIpc) is 1.87. The van der Waals surface area contributed by atoms with Crippen molar-refractivity contribution in [3.8, 4) is 0 Å². The zero-order chi connectivity index (χ0) is 9.07. The van der Waals surface area contributed by atoms with E-state index in [1.165, 1.54) is 0 Å². The van der Waals surface area contributed by atoms with E-state index in [0.29, 0.717) is 12.2 Å². The van der Waals surface area contributed by atoms with E-state index in [1.807, 2.05) is 13.1 Å². The molecular formula is C6H17ClN2O2Si. The third-order valence-corrected chi connectivity index (χ3v) is 4.29. The van der Waals surface area contributed by atoms with E-state index in [2.05, 4.69) is 0 Å². The van der Waals surface area contributed by atoms with E-state index in [9.17, 15) is 4.79 Å². The SMILES string of the molecule is C[Si](C)(CN)CC(N)C(=O)O.Cl. The van der Waals surface area contributed by atoms with Crippen LogP contribution in [0.1, 0.15) is 0 Å². The largest absolute Gasteiger partial charge is 0.480 e. The van der Waals surface area contributed by atoms with Crippen molar-refractivity contribution in [3.63, 3.8) is 0 Å². The summed E-state index contributed by atoms with van der Waals surface area (Å²) in [5.41, 5.74) is 10.8. The third-order valence-electron chi connectivity index (χ3n) is 1.64. The van der Waals surface area contributed by atoms with Crippen LogP contribution in [0.5, 0.6) is 0 Å². The van der Waals surface area contributed by atoms with E-state index in [0.717, 1.165) is 0 Å². The van der Waals surface area contributed by atoms with Crippen LogP contribution in [-0.4, -0.2) is 31.4 Å². The van der Waals surface area contributed by atoms with Gasteiger partial charge in [-0.1, -0.05) is 13.1 Å². The minimum absolute atomic E-state index is 0. The molecule has 5 N–H and O–H groups in total. The maximum absolute atomic E-state index is 10.3. The molecule has 0 heterocycles. The molecule has 6 heteroatoms. The van der Waals surface area contributed by atoms with E-state index >= 15 is 0 Å². The van der Waals surface area contributed by atoms with Crippen LogP contribution in [0.3, 0.4) is 0 Å². The van der Waals surface area contributed by atoms with Gasteiger partial charge in [0.2, 0.25) is 0 Å². The molecule has 0 aromatic heterocycles. The van der Waals surface area contributed by atoms with E-state index in [-0.39, 0.29) is 12.4 Å². The van der Waals surface area contributed by atoms with Gasteiger partial charge in [0.15, 0.2) is 0 Å². The summed E-state index contributed by atoms with van der Waals surface area (Å²) in [4.78, 5) is 10.3. The van der Waals surface area contributed by atoms with Gasteiger partial charge in [-0.15, -0.1) is 12.4 Å². The first-order chi connectivity index (χ1) is 4.89. The number of carboxylic acid groups (broad SMARTS) is 1. The van der Waals surface area contributed by atoms with Crippen molar-refractivity contribution >= 4 is 26.5 Å². The molecule has 0 aliphatic carbocycles. The van der Waals surface area contributed by atoms with E-state index in [4.69, 9.17) is 16.6 Å². The zero-order valence-electron chi connectivity index (χ0n) is 7.41. The van der Waals surface area contributed by atoms with Gasteiger partial charge >= 0.3 is 5.97 Å². The number of rotatable bonds is 4. The maximum atomic E-state index is 10.3. The minimum atomic E-state index is -1.53. The van der Waals surface area contributed by atoms with Crippen molar-refractivity contribution in [1.82, 2.24) is 0 Å². The molecule has 0 bridgehead atoms. The fourth-order valence-electron chi connectivity index (χ4n) is 0.766. The van der Waals surface area contributed by atoms with Crippen LogP contribution in [-0.2, 0) is 4.79 Å². The molecule has 1 atom stereocenters. The van der Waals surface area contributed by atoms with Gasteiger partial charge in [0, 0.05) is 0 Å². The van der Waals surface area contributed by atoms with Crippen molar-refractivity contribution in [3.05, 3.63) is 0 Å². The van der Waals surface area contributed by atoms with Crippen LogP contribution < -0.4 is 11.5 Å². The van der Waals surface area contributed by atoms with Gasteiger partial charge in [0.1, 0.15) is 6.04 Å². The minimum Gasteiger partial charge on any atom is -0.480 e. The van der Waals surface area contributed by atoms with Crippen molar-refractivity contribution in [2.45, 2.75) is 25.2 Å². The highest BCUT2D eigenvalue weighted by atomic mass is 35.5. The Morgan fingerprint density at radius 1 is 1.58 bits per heavy atom. The lowest BCUT2D eigenvalue weighted by Crippen LogP contribution is -2.44. The van der Waals surface area contributed by atoms with Gasteiger partial charge in [0.25, 0.3) is 0 Å². The second-order valence-corrected chi connectivity index (χ2v) is 8.66. The molecule has 0 aliphatic rings. The van der Waals surface area contributed by atoms with Gasteiger partial charge in [-0.25, -0.2) is 0 Å². The van der Waals surface area contributed by atoms with Crippen LogP contribution in [0.15, 0.2) is 0 Å². The quantitative estimate of drug-likeness (QED) is 0.574. The Kier molecular flexibility index (Phi) is 6.64. The van der Waals surface area contributed by atoms with Gasteiger partial charge in [-0.2, -0.15) is 0 Å². The highest BCUT2D eigenvalue weighted by Gasteiger charge is 2.25. The monoisotopic (exact) mass is 212 g/mol. The molecule has 0 aliphatic heterocycles. The predicted octanol–water partition coefficient (Wildman–Crippen LogP) is 0.0264. The number of nitrogens with two attached hydrogens (primary N) is 2. The lowest BCUT2D eigenvalue weighted by Gasteiger charge is -2.21. The van der Waals surface area contributed by atoms with Crippen LogP contribution in [0.2, 0.25) is 19.1 Å². The summed E-state index contributed by atoms with van der Waals surface area (Å²) < 4.78 is 0. The molecule has 0 saturated carbocycles. The molecule has 0 aromatic carbocycles. The molecule has 74 valence electrons. The Morgan fingerprint density at radius 3 is 2.25 bits per heavy atom. The van der Waals surface area contributed by atoms with Gasteiger partial charge in [0.05, 0.1) is 8.07 Å². The summed E-state index contributed by atoms with van der Waals surface area (Å²) in [5.74, 6) is -0.931. The second kappa shape index (κ2) is 5.53. The van der Waals surface area contributed by atoms with Crippen LogP contribution in [0, 0.1) is 0 Å². The molecule has 1 unspecified atom stereocenters. The lowest BCUT2D eigenvalue weighted by atomic mass is 10.4. The fraction of sp³-hybridized carbons (Fsp3) is 0.833. The number of carboxylic acids is 1. The van der Waals surface area contributed by atoms with E-state index < -0.39 is 20.1 Å². The Labute approximate surface area is 79.7 Å². The molecule has 0 saturated heterocycles. The first-order valence-corrected chi connectivity index (χ1v) is 6.99. The highest BCUT2D eigenvalue weighted by Crippen LogP contribution is 2.08. The zero-order valence-corrected chi connectivity index (χ0v) is 9.23. The second-order valence-electron chi connectivity index (χ2n) is 3.52. The number of carbonyl (C=O) groups is 1. The first kappa shape index (κ1) is 14.4. The van der Waals surface area contributed by atoms with Crippen LogP contribution >= 0.6 is 12.4 Å². The molecule has 12 heavy (non-hydrogen) atoms. The molecule has 0 fully saturated rings. The first-order valence-electron chi connectivity index (χ1n) is 3.57. The Bertz CT molecular complexity index is 154. The number of hydrogen-bond donors (Lipinski definition) is 3. The summed E-state index contributed by atoms with van der Waals surface area (Å²) in [6.07, 6.45) is 0.591. The van der Waals surface area contributed by atoms with E-state index in [1.54, 1.807) is 0 Å². The molecule has 0 spiro atoms. The number of halogens is 1. The smallest absolute Gasteiger partial charge is 0.320 e. The Hall–Kier alpha value is -0.103. The summed E-state index contributed by atoms with van der Waals surface area (Å²) >= 11 is 0.